The number of carbonyl (C=O) groups excluding carboxylic acids is 2. The Kier molecular flexibility index (Phi) is 9.08. The number of piperidine rings is 1. The van der Waals surface area contributed by atoms with E-state index in [4.69, 9.17) is 10.00 Å². The Balaban J connectivity index is 1.71. The molecule has 33 heavy (non-hydrogen) atoms. The van der Waals surface area contributed by atoms with Crippen molar-refractivity contribution >= 4 is 28.5 Å². The number of anilines is 1. The van der Waals surface area contributed by atoms with Gasteiger partial charge in [0.2, 0.25) is 0 Å². The van der Waals surface area contributed by atoms with Gasteiger partial charge in [0.05, 0.1) is 6.07 Å². The van der Waals surface area contributed by atoms with Crippen LogP contribution >= 0.6 is 0 Å². The van der Waals surface area contributed by atoms with E-state index in [1.807, 2.05) is 61.2 Å². The summed E-state index contributed by atoms with van der Waals surface area (Å²) in [6, 6.07) is 15.8. The zero-order valence-electron chi connectivity index (χ0n) is 19.5. The number of ether oxygens (including phenoxy) is 1. The number of rotatable bonds is 9. The second kappa shape index (κ2) is 12.2. The molecule has 2 amide bonds. The fourth-order valence-electron chi connectivity index (χ4n) is 4.28. The van der Waals surface area contributed by atoms with Crippen molar-refractivity contribution in [2.75, 3.05) is 25.0 Å². The number of nitrogens with one attached hydrogen (secondary N) is 2. The second-order valence-corrected chi connectivity index (χ2v) is 8.98. The molecule has 0 aromatic heterocycles. The largest absolute Gasteiger partial charge is 0.436 e. The van der Waals surface area contributed by atoms with Crippen LogP contribution in [0.3, 0.4) is 0 Å². The second-order valence-electron chi connectivity index (χ2n) is 8.98. The number of fused-ring (bicyclic) bond motifs is 1. The van der Waals surface area contributed by atoms with Gasteiger partial charge in [0, 0.05) is 24.7 Å². The molecule has 1 saturated heterocycles. The third kappa shape index (κ3) is 7.19. The van der Waals surface area contributed by atoms with Crippen LogP contribution in [0.5, 0.6) is 0 Å². The zero-order valence-corrected chi connectivity index (χ0v) is 19.5. The molecule has 1 atom stereocenters. The summed E-state index contributed by atoms with van der Waals surface area (Å²) in [7, 11) is 0. The van der Waals surface area contributed by atoms with Gasteiger partial charge in [-0.15, -0.1) is 0 Å². The lowest BCUT2D eigenvalue weighted by Gasteiger charge is -2.36. The molecule has 2 aromatic carbocycles. The van der Waals surface area contributed by atoms with E-state index in [0.717, 1.165) is 36.7 Å². The molecule has 176 valence electrons. The molecule has 2 N–H and O–H groups in total. The van der Waals surface area contributed by atoms with E-state index in [-0.39, 0.29) is 17.9 Å². The fraction of sp³-hybridized carbons (Fsp3) is 0.500. The van der Waals surface area contributed by atoms with Gasteiger partial charge in [0.15, 0.2) is 6.10 Å². The molecular formula is C26H34N4O3. The van der Waals surface area contributed by atoms with Crippen LogP contribution in [-0.4, -0.2) is 48.7 Å². The summed E-state index contributed by atoms with van der Waals surface area (Å²) in [5.41, 5.74) is 0.624. The molecule has 2 aromatic rings. The third-order valence-electron chi connectivity index (χ3n) is 5.93. The average Bonchev–Trinajstić information content (AvgIpc) is 2.81. The van der Waals surface area contributed by atoms with Gasteiger partial charge in [-0.25, -0.2) is 4.79 Å². The molecule has 0 saturated carbocycles. The topological polar surface area (TPSA) is 94.5 Å². The highest BCUT2D eigenvalue weighted by Crippen LogP contribution is 2.21. The molecule has 1 heterocycles. The van der Waals surface area contributed by atoms with Gasteiger partial charge >= 0.3 is 6.09 Å². The van der Waals surface area contributed by atoms with Crippen molar-refractivity contribution in [1.29, 1.82) is 5.26 Å². The van der Waals surface area contributed by atoms with E-state index in [1.54, 1.807) is 0 Å². The first-order valence-electron chi connectivity index (χ1n) is 11.8. The normalized spacial score (nSPS) is 15.1. The van der Waals surface area contributed by atoms with Crippen LogP contribution in [0.1, 0.15) is 46.0 Å². The van der Waals surface area contributed by atoms with Crippen LogP contribution < -0.4 is 10.6 Å². The number of nitriles is 1. The summed E-state index contributed by atoms with van der Waals surface area (Å²) >= 11 is 0. The van der Waals surface area contributed by atoms with E-state index in [1.165, 1.54) is 0 Å². The van der Waals surface area contributed by atoms with Gasteiger partial charge in [0.25, 0.3) is 5.91 Å². The van der Waals surface area contributed by atoms with Crippen LogP contribution in [-0.2, 0) is 9.53 Å². The van der Waals surface area contributed by atoms with Gasteiger partial charge in [-0.2, -0.15) is 5.26 Å². The Hall–Kier alpha value is -3.11. The van der Waals surface area contributed by atoms with Crippen molar-refractivity contribution in [3.63, 3.8) is 0 Å². The lowest BCUT2D eigenvalue weighted by Crippen LogP contribution is -2.51. The number of benzene rings is 2. The Morgan fingerprint density at radius 2 is 1.91 bits per heavy atom. The minimum absolute atomic E-state index is 0.0965. The monoisotopic (exact) mass is 450 g/mol. The number of hydrogen-bond acceptors (Lipinski definition) is 5. The highest BCUT2D eigenvalue weighted by atomic mass is 16.6. The molecule has 3 rings (SSSR count). The minimum atomic E-state index is -0.859. The SMILES string of the molecule is CC(C)CC(OC(=O)Nc1ccc2ccccc2c1)C(=O)N(CCCC#N)C1CCNCC1. The number of hydrogen-bond donors (Lipinski definition) is 2. The van der Waals surface area contributed by atoms with Crippen molar-refractivity contribution in [1.82, 2.24) is 10.2 Å². The predicted molar refractivity (Wildman–Crippen MR) is 130 cm³/mol. The molecule has 7 heteroatoms. The zero-order chi connectivity index (χ0) is 23.6. The Morgan fingerprint density at radius 3 is 2.61 bits per heavy atom. The number of carbonyl (C=O) groups is 2. The molecule has 1 fully saturated rings. The van der Waals surface area contributed by atoms with Crippen molar-refractivity contribution in [2.45, 2.75) is 58.1 Å². The number of amides is 2. The highest BCUT2D eigenvalue weighted by molar-refractivity contribution is 5.92. The maximum absolute atomic E-state index is 13.6. The van der Waals surface area contributed by atoms with Gasteiger partial charge < -0.3 is 15.0 Å². The summed E-state index contributed by atoms with van der Waals surface area (Å²) in [6.07, 6.45) is 1.68. The first-order valence-corrected chi connectivity index (χ1v) is 11.8. The maximum atomic E-state index is 13.6. The average molecular weight is 451 g/mol. The number of unbranched alkanes of at least 4 members (excludes halogenated alkanes) is 1. The molecule has 0 spiro atoms. The summed E-state index contributed by atoms with van der Waals surface area (Å²) in [5, 5.41) is 17.1. The van der Waals surface area contributed by atoms with Crippen LogP contribution in [0.2, 0.25) is 0 Å². The maximum Gasteiger partial charge on any atom is 0.412 e. The summed E-state index contributed by atoms with van der Waals surface area (Å²) in [4.78, 5) is 28.1. The smallest absolute Gasteiger partial charge is 0.412 e. The summed E-state index contributed by atoms with van der Waals surface area (Å²) in [5.74, 6) is 0.0172. The Labute approximate surface area is 196 Å². The lowest BCUT2D eigenvalue weighted by molar-refractivity contribution is -0.144. The molecule has 1 aliphatic heterocycles. The third-order valence-corrected chi connectivity index (χ3v) is 5.93. The number of nitrogens with zero attached hydrogens (tertiary/aromatic N) is 2. The van der Waals surface area contributed by atoms with Crippen molar-refractivity contribution < 1.29 is 14.3 Å². The fourth-order valence-corrected chi connectivity index (χ4v) is 4.28. The van der Waals surface area contributed by atoms with E-state index in [0.29, 0.717) is 31.5 Å². The van der Waals surface area contributed by atoms with E-state index >= 15 is 0 Å². The quantitative estimate of drug-likeness (QED) is 0.541. The Bertz CT molecular complexity index is 979. The first-order chi connectivity index (χ1) is 16.0. The van der Waals surface area contributed by atoms with Crippen LogP contribution in [0.4, 0.5) is 10.5 Å². The van der Waals surface area contributed by atoms with E-state index in [2.05, 4.69) is 16.7 Å². The first kappa shape index (κ1) is 24.5. The van der Waals surface area contributed by atoms with Crippen molar-refractivity contribution in [3.05, 3.63) is 42.5 Å². The van der Waals surface area contributed by atoms with Crippen LogP contribution in [0, 0.1) is 17.2 Å². The Morgan fingerprint density at radius 1 is 1.18 bits per heavy atom. The van der Waals surface area contributed by atoms with Crippen molar-refractivity contribution in [3.8, 4) is 6.07 Å². The van der Waals surface area contributed by atoms with Gasteiger partial charge in [-0.05, 0) is 67.6 Å². The van der Waals surface area contributed by atoms with E-state index in [9.17, 15) is 9.59 Å². The van der Waals surface area contributed by atoms with Crippen molar-refractivity contribution in [2.24, 2.45) is 5.92 Å². The molecule has 0 aliphatic carbocycles. The molecular weight excluding hydrogens is 416 g/mol. The van der Waals surface area contributed by atoms with Gasteiger partial charge in [-0.1, -0.05) is 44.2 Å². The summed E-state index contributed by atoms with van der Waals surface area (Å²) in [6.45, 7) is 6.22. The molecule has 0 bridgehead atoms. The molecule has 1 unspecified atom stereocenters. The molecule has 0 radical (unpaired) electrons. The lowest BCUT2D eigenvalue weighted by atomic mass is 10.0. The minimum Gasteiger partial charge on any atom is -0.436 e. The van der Waals surface area contributed by atoms with Gasteiger partial charge in [-0.3, -0.25) is 10.1 Å². The highest BCUT2D eigenvalue weighted by Gasteiger charge is 2.33. The van der Waals surface area contributed by atoms with Crippen LogP contribution in [0.25, 0.3) is 10.8 Å². The standard InChI is InChI=1S/C26H34N4O3/c1-19(2)17-24(25(31)30(16-6-5-13-27)23-11-14-28-15-12-23)33-26(32)29-22-10-9-20-7-3-4-8-21(20)18-22/h3-4,7-10,18-19,23-24,28H,5-6,11-12,14-17H2,1-2H3,(H,29,32). The molecule has 7 nitrogen and oxygen atoms in total. The van der Waals surface area contributed by atoms with Gasteiger partial charge in [0.1, 0.15) is 0 Å². The van der Waals surface area contributed by atoms with E-state index < -0.39 is 12.2 Å². The predicted octanol–water partition coefficient (Wildman–Crippen LogP) is 4.69. The summed E-state index contributed by atoms with van der Waals surface area (Å²) < 4.78 is 5.70. The molecule has 1 aliphatic rings. The van der Waals surface area contributed by atoms with Crippen LogP contribution in [0.15, 0.2) is 42.5 Å².